The van der Waals surface area contributed by atoms with Gasteiger partial charge in [-0.05, 0) is 60.2 Å². The normalized spacial score (nSPS) is 20.6. The molecule has 122 valence electrons. The summed E-state index contributed by atoms with van der Waals surface area (Å²) in [6.45, 7) is 3.76. The van der Waals surface area contributed by atoms with Crippen LogP contribution in [-0.2, 0) is 10.0 Å². The molecule has 5 nitrogen and oxygen atoms in total. The van der Waals surface area contributed by atoms with E-state index >= 15 is 0 Å². The third-order valence-corrected chi connectivity index (χ3v) is 7.49. The molecule has 1 aliphatic heterocycles. The van der Waals surface area contributed by atoms with Gasteiger partial charge in [0.1, 0.15) is 5.82 Å². The highest BCUT2D eigenvalue weighted by Gasteiger charge is 2.41. The number of aryl methyl sites for hydroxylation is 1. The standard InChI is InChI=1S/C15H22BrN3O2S/c1-11-9-12(16)10-17-15(11)19-7-5-13(6-8-19)18(2)22(20,21)14-3-4-14/h9-10,13-14H,3-8H2,1-2H3. The van der Waals surface area contributed by atoms with Crippen molar-refractivity contribution in [2.75, 3.05) is 25.0 Å². The van der Waals surface area contributed by atoms with Gasteiger partial charge in [0.15, 0.2) is 0 Å². The van der Waals surface area contributed by atoms with Crippen molar-refractivity contribution in [1.29, 1.82) is 0 Å². The van der Waals surface area contributed by atoms with Crippen molar-refractivity contribution >= 4 is 31.8 Å². The molecule has 0 unspecified atom stereocenters. The minimum Gasteiger partial charge on any atom is -0.356 e. The second-order valence-electron chi connectivity index (χ2n) is 6.27. The van der Waals surface area contributed by atoms with Crippen molar-refractivity contribution in [3.05, 3.63) is 22.3 Å². The fourth-order valence-electron chi connectivity index (χ4n) is 3.11. The van der Waals surface area contributed by atoms with Crippen LogP contribution in [0.15, 0.2) is 16.7 Å². The van der Waals surface area contributed by atoms with Gasteiger partial charge < -0.3 is 4.90 Å². The molecule has 0 N–H and O–H groups in total. The number of hydrogen-bond donors (Lipinski definition) is 0. The van der Waals surface area contributed by atoms with Gasteiger partial charge in [0.2, 0.25) is 10.0 Å². The predicted molar refractivity (Wildman–Crippen MR) is 91.6 cm³/mol. The number of anilines is 1. The molecule has 1 saturated carbocycles. The molecule has 0 spiro atoms. The summed E-state index contributed by atoms with van der Waals surface area (Å²) in [7, 11) is -1.32. The molecule has 3 rings (SSSR count). The number of pyridine rings is 1. The maximum Gasteiger partial charge on any atom is 0.216 e. The second kappa shape index (κ2) is 6.09. The van der Waals surface area contributed by atoms with E-state index in [1.165, 1.54) is 0 Å². The molecule has 0 bridgehead atoms. The molecular weight excluding hydrogens is 366 g/mol. The van der Waals surface area contributed by atoms with Crippen LogP contribution >= 0.6 is 15.9 Å². The Kier molecular flexibility index (Phi) is 4.49. The zero-order chi connectivity index (χ0) is 15.9. The fourth-order valence-corrected chi connectivity index (χ4v) is 5.39. The van der Waals surface area contributed by atoms with Crippen LogP contribution in [0.1, 0.15) is 31.2 Å². The fraction of sp³-hybridized carbons (Fsp3) is 0.667. The van der Waals surface area contributed by atoms with Crippen LogP contribution in [0.4, 0.5) is 5.82 Å². The molecule has 0 atom stereocenters. The minimum absolute atomic E-state index is 0.120. The number of halogens is 1. The highest BCUT2D eigenvalue weighted by Crippen LogP contribution is 2.33. The quantitative estimate of drug-likeness (QED) is 0.796. The molecule has 1 aromatic rings. The third kappa shape index (κ3) is 3.16. The lowest BCUT2D eigenvalue weighted by Gasteiger charge is -2.37. The molecule has 1 saturated heterocycles. The first-order valence-corrected chi connectivity index (χ1v) is 10.0. The van der Waals surface area contributed by atoms with Crippen LogP contribution in [-0.4, -0.2) is 49.1 Å². The van der Waals surface area contributed by atoms with Crippen LogP contribution in [0.3, 0.4) is 0 Å². The maximum atomic E-state index is 12.3. The van der Waals surface area contributed by atoms with Crippen LogP contribution in [0.5, 0.6) is 0 Å². The van der Waals surface area contributed by atoms with Crippen molar-refractivity contribution < 1.29 is 8.42 Å². The Hall–Kier alpha value is -0.660. The second-order valence-corrected chi connectivity index (χ2v) is 9.46. The average molecular weight is 388 g/mol. The van der Waals surface area contributed by atoms with Crippen LogP contribution in [0.2, 0.25) is 0 Å². The lowest BCUT2D eigenvalue weighted by Crippen LogP contribution is -2.46. The summed E-state index contributed by atoms with van der Waals surface area (Å²) in [6.07, 6.45) is 5.19. The van der Waals surface area contributed by atoms with Crippen LogP contribution in [0.25, 0.3) is 0 Å². The van der Waals surface area contributed by atoms with Crippen molar-refractivity contribution in [2.24, 2.45) is 0 Å². The number of piperidine rings is 1. The maximum absolute atomic E-state index is 12.3. The Labute approximate surface area is 140 Å². The van der Waals surface area contributed by atoms with Gasteiger partial charge in [0, 0.05) is 36.8 Å². The zero-order valence-electron chi connectivity index (χ0n) is 13.0. The largest absolute Gasteiger partial charge is 0.356 e. The van der Waals surface area contributed by atoms with E-state index in [4.69, 9.17) is 0 Å². The Morgan fingerprint density at radius 1 is 1.27 bits per heavy atom. The molecule has 22 heavy (non-hydrogen) atoms. The van der Waals surface area contributed by atoms with Gasteiger partial charge in [0.25, 0.3) is 0 Å². The number of sulfonamides is 1. The van der Waals surface area contributed by atoms with Gasteiger partial charge in [-0.3, -0.25) is 0 Å². The summed E-state index contributed by atoms with van der Waals surface area (Å²) in [5.41, 5.74) is 1.15. The van der Waals surface area contributed by atoms with Gasteiger partial charge in [-0.15, -0.1) is 0 Å². The smallest absolute Gasteiger partial charge is 0.216 e. The number of aromatic nitrogens is 1. The van der Waals surface area contributed by atoms with Crippen molar-refractivity contribution in [3.63, 3.8) is 0 Å². The van der Waals surface area contributed by atoms with Crippen LogP contribution in [0, 0.1) is 6.92 Å². The summed E-state index contributed by atoms with van der Waals surface area (Å²) < 4.78 is 27.3. The van der Waals surface area contributed by atoms with E-state index < -0.39 is 10.0 Å². The van der Waals surface area contributed by atoms with E-state index in [9.17, 15) is 8.42 Å². The molecule has 7 heteroatoms. The molecule has 0 radical (unpaired) electrons. The molecular formula is C15H22BrN3O2S. The van der Waals surface area contributed by atoms with E-state index in [2.05, 4.69) is 38.8 Å². The summed E-state index contributed by atoms with van der Waals surface area (Å²) in [5, 5.41) is -0.120. The van der Waals surface area contributed by atoms with Gasteiger partial charge in [-0.2, -0.15) is 0 Å². The number of nitrogens with zero attached hydrogens (tertiary/aromatic N) is 3. The van der Waals surface area contributed by atoms with Gasteiger partial charge in [-0.1, -0.05) is 0 Å². The van der Waals surface area contributed by atoms with Crippen molar-refractivity contribution in [2.45, 2.75) is 43.9 Å². The molecule has 1 aromatic heterocycles. The Balaban J connectivity index is 1.65. The molecule has 0 amide bonds. The average Bonchev–Trinajstić information content (AvgIpc) is 3.32. The summed E-state index contributed by atoms with van der Waals surface area (Å²) in [5.74, 6) is 1.01. The lowest BCUT2D eigenvalue weighted by molar-refractivity contribution is 0.311. The summed E-state index contributed by atoms with van der Waals surface area (Å²) in [6, 6.07) is 2.19. The molecule has 2 aliphatic rings. The molecule has 2 heterocycles. The van der Waals surface area contributed by atoms with Crippen LogP contribution < -0.4 is 4.90 Å². The van der Waals surface area contributed by atoms with E-state index in [1.807, 2.05) is 6.20 Å². The number of rotatable bonds is 4. The van der Waals surface area contributed by atoms with E-state index in [0.717, 1.165) is 54.6 Å². The Bertz CT molecular complexity index is 653. The molecule has 0 aromatic carbocycles. The first kappa shape index (κ1) is 16.2. The molecule has 2 fully saturated rings. The SMILES string of the molecule is Cc1cc(Br)cnc1N1CCC(N(C)S(=O)(=O)C2CC2)CC1. The first-order chi connectivity index (χ1) is 10.4. The summed E-state index contributed by atoms with van der Waals surface area (Å²) >= 11 is 3.44. The first-order valence-electron chi connectivity index (χ1n) is 7.73. The minimum atomic E-state index is -3.07. The van der Waals surface area contributed by atoms with Gasteiger partial charge in [-0.25, -0.2) is 17.7 Å². The predicted octanol–water partition coefficient (Wildman–Crippen LogP) is 2.55. The highest BCUT2D eigenvalue weighted by molar-refractivity contribution is 9.10. The zero-order valence-corrected chi connectivity index (χ0v) is 15.4. The van der Waals surface area contributed by atoms with Crippen molar-refractivity contribution in [3.8, 4) is 0 Å². The highest BCUT2D eigenvalue weighted by atomic mass is 79.9. The van der Waals surface area contributed by atoms with E-state index in [0.29, 0.717) is 0 Å². The summed E-state index contributed by atoms with van der Waals surface area (Å²) in [4.78, 5) is 6.77. The monoisotopic (exact) mass is 387 g/mol. The lowest BCUT2D eigenvalue weighted by atomic mass is 10.0. The third-order valence-electron chi connectivity index (χ3n) is 4.64. The topological polar surface area (TPSA) is 53.5 Å². The number of hydrogen-bond acceptors (Lipinski definition) is 4. The van der Waals surface area contributed by atoms with E-state index in [-0.39, 0.29) is 11.3 Å². The van der Waals surface area contributed by atoms with Crippen molar-refractivity contribution in [1.82, 2.24) is 9.29 Å². The van der Waals surface area contributed by atoms with Gasteiger partial charge in [0.05, 0.1) is 5.25 Å². The van der Waals surface area contributed by atoms with E-state index in [1.54, 1.807) is 11.4 Å². The van der Waals surface area contributed by atoms with Gasteiger partial charge >= 0.3 is 0 Å². The molecule has 1 aliphatic carbocycles. The Morgan fingerprint density at radius 2 is 1.91 bits per heavy atom. The Morgan fingerprint density at radius 3 is 2.45 bits per heavy atom.